The highest BCUT2D eigenvalue weighted by molar-refractivity contribution is 6.00. The van der Waals surface area contributed by atoms with Crippen LogP contribution in [0.4, 0.5) is 5.88 Å². The smallest absolute Gasteiger partial charge is 0.342 e. The zero-order valence-corrected chi connectivity index (χ0v) is 16.4. The maximum absolute atomic E-state index is 12.7. The minimum atomic E-state index is -0.720. The lowest BCUT2D eigenvalue weighted by Crippen LogP contribution is -2.30. The second-order valence-electron chi connectivity index (χ2n) is 6.86. The van der Waals surface area contributed by atoms with Gasteiger partial charge in [-0.25, -0.2) is 4.79 Å². The molecule has 2 amide bonds. The minimum absolute atomic E-state index is 0.0212. The van der Waals surface area contributed by atoms with Crippen molar-refractivity contribution in [1.29, 1.82) is 5.26 Å². The Kier molecular flexibility index (Phi) is 5.69. The first-order chi connectivity index (χ1) is 13.9. The second-order valence-corrected chi connectivity index (χ2v) is 6.86. The van der Waals surface area contributed by atoms with Crippen LogP contribution in [0.25, 0.3) is 0 Å². The molecular weight excluding hydrogens is 374 g/mol. The number of carbonyl (C=O) groups excluding carboxylic acids is 3. The first-order valence-corrected chi connectivity index (χ1v) is 9.14. The molecule has 8 heteroatoms. The second kappa shape index (κ2) is 8.19. The number of nitrogens with one attached hydrogen (secondary N) is 1. The summed E-state index contributed by atoms with van der Waals surface area (Å²) in [6.07, 6.45) is 0.0639. The van der Waals surface area contributed by atoms with Crippen LogP contribution >= 0.6 is 0 Å². The molecule has 2 aromatic rings. The van der Waals surface area contributed by atoms with E-state index in [-0.39, 0.29) is 47.7 Å². The third kappa shape index (κ3) is 3.85. The van der Waals surface area contributed by atoms with E-state index in [1.54, 1.807) is 4.90 Å². The van der Waals surface area contributed by atoms with Crippen LogP contribution in [-0.4, -0.2) is 36.3 Å². The molecular formula is C21H21N3O5. The highest BCUT2D eigenvalue weighted by Gasteiger charge is 2.38. The zero-order chi connectivity index (χ0) is 21.1. The maximum atomic E-state index is 12.7. The van der Waals surface area contributed by atoms with Crippen molar-refractivity contribution in [2.75, 3.05) is 19.0 Å². The van der Waals surface area contributed by atoms with E-state index in [1.807, 2.05) is 43.3 Å². The van der Waals surface area contributed by atoms with Gasteiger partial charge in [0, 0.05) is 13.0 Å². The molecule has 0 radical (unpaired) electrons. The predicted molar refractivity (Wildman–Crippen MR) is 103 cm³/mol. The Bertz CT molecular complexity index is 990. The van der Waals surface area contributed by atoms with Crippen molar-refractivity contribution in [3.8, 4) is 6.07 Å². The largest absolute Gasteiger partial charge is 0.465 e. The van der Waals surface area contributed by atoms with Crippen molar-refractivity contribution in [2.24, 2.45) is 5.92 Å². The Morgan fingerprint density at radius 2 is 2.03 bits per heavy atom. The van der Waals surface area contributed by atoms with Crippen molar-refractivity contribution in [2.45, 2.75) is 26.3 Å². The fourth-order valence-electron chi connectivity index (χ4n) is 3.49. The minimum Gasteiger partial charge on any atom is -0.465 e. The molecule has 1 fully saturated rings. The number of anilines is 1. The van der Waals surface area contributed by atoms with E-state index in [1.165, 1.54) is 14.0 Å². The number of ether oxygens (including phenoxy) is 1. The van der Waals surface area contributed by atoms with Gasteiger partial charge in [-0.15, -0.1) is 0 Å². The molecule has 0 saturated carbocycles. The van der Waals surface area contributed by atoms with Crippen LogP contribution in [0.15, 0.2) is 34.7 Å². The number of likely N-dealkylation sites (tertiary alicyclic amines) is 1. The molecule has 1 aromatic carbocycles. The third-order valence-corrected chi connectivity index (χ3v) is 5.10. The highest BCUT2D eigenvalue weighted by Crippen LogP contribution is 2.31. The molecule has 0 aliphatic carbocycles. The Labute approximate surface area is 168 Å². The highest BCUT2D eigenvalue weighted by atomic mass is 16.5. The van der Waals surface area contributed by atoms with Crippen LogP contribution < -0.4 is 5.32 Å². The number of amides is 2. The van der Waals surface area contributed by atoms with Gasteiger partial charge in [0.15, 0.2) is 0 Å². The number of esters is 1. The van der Waals surface area contributed by atoms with Crippen LogP contribution in [0.2, 0.25) is 0 Å². The Hall–Kier alpha value is -3.60. The lowest BCUT2D eigenvalue weighted by atomic mass is 10.1. The maximum Gasteiger partial charge on any atom is 0.342 e. The fourth-order valence-corrected chi connectivity index (χ4v) is 3.49. The van der Waals surface area contributed by atoms with E-state index >= 15 is 0 Å². The predicted octanol–water partition coefficient (Wildman–Crippen LogP) is 2.79. The van der Waals surface area contributed by atoms with Crippen molar-refractivity contribution in [3.05, 3.63) is 52.8 Å². The third-order valence-electron chi connectivity index (χ3n) is 5.10. The monoisotopic (exact) mass is 395 g/mol. The van der Waals surface area contributed by atoms with Gasteiger partial charge in [-0.1, -0.05) is 30.3 Å². The quantitative estimate of drug-likeness (QED) is 0.779. The van der Waals surface area contributed by atoms with Gasteiger partial charge in [0.25, 0.3) is 0 Å². The van der Waals surface area contributed by atoms with E-state index in [9.17, 15) is 19.6 Å². The van der Waals surface area contributed by atoms with Gasteiger partial charge >= 0.3 is 5.97 Å². The number of hydrogen-bond donors (Lipinski definition) is 1. The van der Waals surface area contributed by atoms with Crippen LogP contribution in [0.5, 0.6) is 0 Å². The summed E-state index contributed by atoms with van der Waals surface area (Å²) >= 11 is 0. The molecule has 1 aromatic heterocycles. The number of furan rings is 1. The number of benzene rings is 1. The van der Waals surface area contributed by atoms with E-state index in [0.29, 0.717) is 0 Å². The van der Waals surface area contributed by atoms with Gasteiger partial charge in [-0.3, -0.25) is 14.9 Å². The summed E-state index contributed by atoms with van der Waals surface area (Å²) in [6, 6.07) is 11.3. The molecule has 29 heavy (non-hydrogen) atoms. The van der Waals surface area contributed by atoms with Crippen molar-refractivity contribution in [1.82, 2.24) is 4.90 Å². The Balaban J connectivity index is 1.75. The molecule has 0 spiro atoms. The van der Waals surface area contributed by atoms with Crippen LogP contribution in [0, 0.1) is 24.2 Å². The number of carbonyl (C=O) groups is 3. The molecule has 1 aliphatic heterocycles. The van der Waals surface area contributed by atoms with Crippen LogP contribution in [0.3, 0.4) is 0 Å². The number of nitrogens with zero attached hydrogens (tertiary/aromatic N) is 2. The summed E-state index contributed by atoms with van der Waals surface area (Å²) in [5.41, 5.74) is 0.867. The molecule has 0 bridgehead atoms. The molecule has 1 N–H and O–H groups in total. The van der Waals surface area contributed by atoms with Crippen molar-refractivity contribution < 1.29 is 23.5 Å². The SMILES string of the molecule is COC(=O)c1c(C)oc(NC(=O)C2CC(=O)N(C(C)c3ccccc3)C2)c1C#N. The summed E-state index contributed by atoms with van der Waals surface area (Å²) in [5.74, 6) is -1.81. The lowest BCUT2D eigenvalue weighted by Gasteiger charge is -2.25. The first kappa shape index (κ1) is 20.1. The van der Waals surface area contributed by atoms with Crippen molar-refractivity contribution >= 4 is 23.7 Å². The Morgan fingerprint density at radius 1 is 1.34 bits per heavy atom. The summed E-state index contributed by atoms with van der Waals surface area (Å²) in [7, 11) is 1.20. The molecule has 1 aliphatic rings. The van der Waals surface area contributed by atoms with Gasteiger partial charge in [-0.2, -0.15) is 5.26 Å². The van der Waals surface area contributed by atoms with E-state index < -0.39 is 17.8 Å². The summed E-state index contributed by atoms with van der Waals surface area (Å²) in [6.45, 7) is 3.68. The molecule has 2 unspecified atom stereocenters. The average Bonchev–Trinajstić information content (AvgIpc) is 3.26. The summed E-state index contributed by atoms with van der Waals surface area (Å²) in [5, 5.41) is 11.9. The molecule has 8 nitrogen and oxygen atoms in total. The van der Waals surface area contributed by atoms with Crippen LogP contribution in [0.1, 0.15) is 46.6 Å². The molecule has 1 saturated heterocycles. The number of rotatable bonds is 5. The van der Waals surface area contributed by atoms with Gasteiger partial charge in [0.1, 0.15) is 23.0 Å². The topological polar surface area (TPSA) is 113 Å². The molecule has 3 rings (SSSR count). The number of aryl methyl sites for hydroxylation is 1. The van der Waals surface area contributed by atoms with Gasteiger partial charge in [0.2, 0.25) is 17.7 Å². The van der Waals surface area contributed by atoms with Crippen LogP contribution in [-0.2, 0) is 14.3 Å². The van der Waals surface area contributed by atoms with Gasteiger partial charge in [0.05, 0.1) is 19.1 Å². The Morgan fingerprint density at radius 3 is 2.66 bits per heavy atom. The lowest BCUT2D eigenvalue weighted by molar-refractivity contribution is -0.129. The summed E-state index contributed by atoms with van der Waals surface area (Å²) < 4.78 is 10.1. The number of methoxy groups -OCH3 is 1. The molecule has 2 heterocycles. The normalized spacial score (nSPS) is 17.0. The van der Waals surface area contributed by atoms with Gasteiger partial charge in [-0.05, 0) is 19.4 Å². The van der Waals surface area contributed by atoms with Crippen molar-refractivity contribution in [3.63, 3.8) is 0 Å². The van der Waals surface area contributed by atoms with E-state index in [2.05, 4.69) is 10.1 Å². The number of nitriles is 1. The zero-order valence-electron chi connectivity index (χ0n) is 16.4. The molecule has 2 atom stereocenters. The number of hydrogen-bond acceptors (Lipinski definition) is 6. The van der Waals surface area contributed by atoms with E-state index in [4.69, 9.17) is 4.42 Å². The van der Waals surface area contributed by atoms with Gasteiger partial charge < -0.3 is 14.1 Å². The summed E-state index contributed by atoms with van der Waals surface area (Å²) in [4.78, 5) is 38.7. The molecule has 150 valence electrons. The average molecular weight is 395 g/mol. The standard InChI is InChI=1S/C21H21N3O5/c1-12(14-7-5-4-6-8-14)24-11-15(9-17(24)25)19(26)23-20-16(10-22)18(13(2)29-20)21(27)28-3/h4-8,12,15H,9,11H2,1-3H3,(H,23,26). The fraction of sp³-hybridized carbons (Fsp3) is 0.333. The first-order valence-electron chi connectivity index (χ1n) is 9.14. The van der Waals surface area contributed by atoms with E-state index in [0.717, 1.165) is 5.56 Å².